The first-order valence-electron chi connectivity index (χ1n) is 7.69. The molecule has 1 atom stereocenters. The second-order valence-electron chi connectivity index (χ2n) is 5.82. The van der Waals surface area contributed by atoms with Crippen LogP contribution in [0.25, 0.3) is 11.0 Å². The van der Waals surface area contributed by atoms with E-state index in [0.717, 1.165) is 10.1 Å². The highest BCUT2D eigenvalue weighted by Crippen LogP contribution is 2.34. The monoisotopic (exact) mass is 347 g/mol. The lowest BCUT2D eigenvalue weighted by Gasteiger charge is -2.18. The van der Waals surface area contributed by atoms with E-state index in [4.69, 9.17) is 0 Å². The minimum Gasteiger partial charge on any atom is -0.324 e. The number of carbonyl (C=O) groups excluding carboxylic acids is 1. The SMILES string of the molecule is Cc1ccc(NC(=O)C(C)n2c(C(F)(F)F)nc3ccccc32)cc1. The fraction of sp³-hybridized carbons (Fsp3) is 0.222. The van der Waals surface area contributed by atoms with Crippen LogP contribution in [0.2, 0.25) is 0 Å². The Balaban J connectivity index is 1.99. The lowest BCUT2D eigenvalue weighted by atomic mass is 10.2. The summed E-state index contributed by atoms with van der Waals surface area (Å²) in [5.41, 5.74) is 2.01. The van der Waals surface area contributed by atoms with Crippen LogP contribution >= 0.6 is 0 Å². The molecule has 1 amide bonds. The fourth-order valence-electron chi connectivity index (χ4n) is 2.64. The van der Waals surface area contributed by atoms with Gasteiger partial charge in [0, 0.05) is 5.69 Å². The van der Waals surface area contributed by atoms with Gasteiger partial charge in [0.05, 0.1) is 11.0 Å². The van der Waals surface area contributed by atoms with Gasteiger partial charge >= 0.3 is 6.18 Å². The van der Waals surface area contributed by atoms with Crippen molar-refractivity contribution in [3.05, 3.63) is 59.9 Å². The summed E-state index contributed by atoms with van der Waals surface area (Å²) in [5.74, 6) is -1.63. The summed E-state index contributed by atoms with van der Waals surface area (Å²) < 4.78 is 41.0. The Bertz CT molecular complexity index is 913. The highest BCUT2D eigenvalue weighted by Gasteiger charge is 2.39. The van der Waals surface area contributed by atoms with Gasteiger partial charge in [-0.3, -0.25) is 4.79 Å². The maximum atomic E-state index is 13.4. The highest BCUT2D eigenvalue weighted by atomic mass is 19.4. The largest absolute Gasteiger partial charge is 0.449 e. The number of alkyl halides is 3. The lowest BCUT2D eigenvalue weighted by Crippen LogP contribution is -2.27. The van der Waals surface area contributed by atoms with E-state index in [0.29, 0.717) is 5.69 Å². The first kappa shape index (κ1) is 17.0. The molecule has 1 unspecified atom stereocenters. The molecule has 0 saturated carbocycles. The second-order valence-corrected chi connectivity index (χ2v) is 5.82. The van der Waals surface area contributed by atoms with E-state index in [1.807, 2.05) is 19.1 Å². The zero-order chi connectivity index (χ0) is 18.2. The molecule has 0 spiro atoms. The third-order valence-corrected chi connectivity index (χ3v) is 3.94. The van der Waals surface area contributed by atoms with Gasteiger partial charge < -0.3 is 9.88 Å². The second kappa shape index (κ2) is 6.23. The zero-order valence-corrected chi connectivity index (χ0v) is 13.6. The number of carbonyl (C=O) groups is 1. The Labute approximate surface area is 142 Å². The number of hydrogen-bond donors (Lipinski definition) is 1. The number of fused-ring (bicyclic) bond motifs is 1. The van der Waals surface area contributed by atoms with E-state index < -0.39 is 23.9 Å². The summed E-state index contributed by atoms with van der Waals surface area (Å²) in [4.78, 5) is 16.2. The topological polar surface area (TPSA) is 46.9 Å². The van der Waals surface area contributed by atoms with E-state index in [9.17, 15) is 18.0 Å². The predicted octanol–water partition coefficient (Wildman–Crippen LogP) is 4.56. The average Bonchev–Trinajstić information content (AvgIpc) is 2.96. The molecular formula is C18H16F3N3O. The Morgan fingerprint density at radius 1 is 1.12 bits per heavy atom. The minimum absolute atomic E-state index is 0.199. The number of nitrogens with zero attached hydrogens (tertiary/aromatic N) is 2. The number of aromatic nitrogens is 2. The summed E-state index contributed by atoms with van der Waals surface area (Å²) in [6.45, 7) is 3.33. The lowest BCUT2D eigenvalue weighted by molar-refractivity contribution is -0.148. The van der Waals surface area contributed by atoms with Gasteiger partial charge in [0.25, 0.3) is 0 Å². The van der Waals surface area contributed by atoms with Gasteiger partial charge in [-0.1, -0.05) is 29.8 Å². The Morgan fingerprint density at radius 3 is 2.40 bits per heavy atom. The summed E-state index contributed by atoms with van der Waals surface area (Å²) >= 11 is 0. The summed E-state index contributed by atoms with van der Waals surface area (Å²) in [5, 5.41) is 2.65. The third kappa shape index (κ3) is 3.35. The maximum absolute atomic E-state index is 13.4. The molecule has 2 aromatic carbocycles. The number of imidazole rings is 1. The van der Waals surface area contributed by atoms with Crippen molar-refractivity contribution in [2.24, 2.45) is 0 Å². The number of aryl methyl sites for hydroxylation is 1. The molecule has 0 aliphatic heterocycles. The molecule has 3 rings (SSSR count). The van der Waals surface area contributed by atoms with E-state index in [2.05, 4.69) is 10.3 Å². The van der Waals surface area contributed by atoms with Crippen molar-refractivity contribution >= 4 is 22.6 Å². The predicted molar refractivity (Wildman–Crippen MR) is 89.3 cm³/mol. The van der Waals surface area contributed by atoms with Crippen LogP contribution in [0.5, 0.6) is 0 Å². The molecule has 1 aromatic heterocycles. The van der Waals surface area contributed by atoms with E-state index in [1.54, 1.807) is 24.3 Å². The van der Waals surface area contributed by atoms with E-state index >= 15 is 0 Å². The number of halogens is 3. The van der Waals surface area contributed by atoms with Gasteiger partial charge in [-0.25, -0.2) is 4.98 Å². The van der Waals surface area contributed by atoms with Crippen LogP contribution in [0.1, 0.15) is 24.4 Å². The van der Waals surface area contributed by atoms with Gasteiger partial charge in [-0.05, 0) is 38.1 Å². The van der Waals surface area contributed by atoms with Crippen LogP contribution < -0.4 is 5.32 Å². The van der Waals surface area contributed by atoms with Gasteiger partial charge in [-0.15, -0.1) is 0 Å². The number of rotatable bonds is 3. The molecule has 0 aliphatic rings. The molecule has 0 saturated heterocycles. The standard InChI is InChI=1S/C18H16F3N3O/c1-11-7-9-13(10-8-11)22-16(25)12(2)24-15-6-4-3-5-14(15)23-17(24)18(19,20)21/h3-10,12H,1-2H3,(H,22,25). The number of nitrogens with one attached hydrogen (secondary N) is 1. The number of para-hydroxylation sites is 2. The van der Waals surface area contributed by atoms with Crippen molar-refractivity contribution in [3.63, 3.8) is 0 Å². The van der Waals surface area contributed by atoms with Crippen LogP contribution in [-0.4, -0.2) is 15.5 Å². The Morgan fingerprint density at radius 2 is 1.76 bits per heavy atom. The minimum atomic E-state index is -4.66. The highest BCUT2D eigenvalue weighted by molar-refractivity contribution is 5.94. The molecule has 25 heavy (non-hydrogen) atoms. The van der Waals surface area contributed by atoms with Gasteiger partial charge in [0.15, 0.2) is 0 Å². The first-order chi connectivity index (χ1) is 11.8. The van der Waals surface area contributed by atoms with Crippen LogP contribution in [0.15, 0.2) is 48.5 Å². The van der Waals surface area contributed by atoms with Crippen molar-refractivity contribution in [2.75, 3.05) is 5.32 Å². The fourth-order valence-corrected chi connectivity index (χ4v) is 2.64. The molecule has 7 heteroatoms. The van der Waals surface area contributed by atoms with Crippen molar-refractivity contribution in [1.82, 2.24) is 9.55 Å². The maximum Gasteiger partial charge on any atom is 0.449 e. The number of benzene rings is 2. The molecule has 0 fully saturated rings. The number of hydrogen-bond acceptors (Lipinski definition) is 2. The smallest absolute Gasteiger partial charge is 0.324 e. The van der Waals surface area contributed by atoms with Gasteiger partial charge in [0.1, 0.15) is 6.04 Å². The Kier molecular flexibility index (Phi) is 4.24. The molecule has 3 aromatic rings. The molecule has 0 radical (unpaired) electrons. The average molecular weight is 347 g/mol. The van der Waals surface area contributed by atoms with Crippen molar-refractivity contribution < 1.29 is 18.0 Å². The van der Waals surface area contributed by atoms with E-state index in [1.165, 1.54) is 19.1 Å². The van der Waals surface area contributed by atoms with Crippen LogP contribution in [0.4, 0.5) is 18.9 Å². The van der Waals surface area contributed by atoms with Crippen molar-refractivity contribution in [2.45, 2.75) is 26.1 Å². The summed E-state index contributed by atoms with van der Waals surface area (Å²) in [6, 6.07) is 12.2. The Hall–Kier alpha value is -2.83. The van der Waals surface area contributed by atoms with E-state index in [-0.39, 0.29) is 11.0 Å². The quantitative estimate of drug-likeness (QED) is 0.755. The van der Waals surface area contributed by atoms with Gasteiger partial charge in [-0.2, -0.15) is 13.2 Å². The first-order valence-corrected chi connectivity index (χ1v) is 7.69. The molecule has 1 heterocycles. The summed E-state index contributed by atoms with van der Waals surface area (Å²) in [6.07, 6.45) is -4.66. The van der Waals surface area contributed by atoms with Crippen molar-refractivity contribution in [1.29, 1.82) is 0 Å². The third-order valence-electron chi connectivity index (χ3n) is 3.94. The molecule has 0 aliphatic carbocycles. The molecule has 4 nitrogen and oxygen atoms in total. The molecular weight excluding hydrogens is 331 g/mol. The number of anilines is 1. The van der Waals surface area contributed by atoms with Crippen LogP contribution in [0.3, 0.4) is 0 Å². The summed E-state index contributed by atoms with van der Waals surface area (Å²) in [7, 11) is 0. The normalized spacial score (nSPS) is 13.0. The van der Waals surface area contributed by atoms with Crippen molar-refractivity contribution in [3.8, 4) is 0 Å². The zero-order valence-electron chi connectivity index (χ0n) is 13.6. The van der Waals surface area contributed by atoms with Crippen LogP contribution in [0, 0.1) is 6.92 Å². The van der Waals surface area contributed by atoms with Gasteiger partial charge in [0.2, 0.25) is 11.7 Å². The molecule has 0 bridgehead atoms. The van der Waals surface area contributed by atoms with Crippen LogP contribution in [-0.2, 0) is 11.0 Å². The molecule has 1 N–H and O–H groups in total. The molecule has 130 valence electrons. The number of amides is 1.